The van der Waals surface area contributed by atoms with Crippen LogP contribution in [0.3, 0.4) is 0 Å². The van der Waals surface area contributed by atoms with Crippen LogP contribution in [0.2, 0.25) is 0 Å². The van der Waals surface area contributed by atoms with Crippen molar-refractivity contribution in [3.8, 4) is 0 Å². The maximum absolute atomic E-state index is 14.2. The van der Waals surface area contributed by atoms with E-state index in [1.807, 2.05) is 0 Å². The van der Waals surface area contributed by atoms with Gasteiger partial charge < -0.3 is 0 Å². The molecular formula is C14H19F3N2O2S. The molecule has 0 amide bonds. The van der Waals surface area contributed by atoms with Gasteiger partial charge >= 0.3 is 0 Å². The summed E-state index contributed by atoms with van der Waals surface area (Å²) in [5.74, 6) is -3.66. The molecule has 8 heteroatoms. The molecule has 0 radical (unpaired) electrons. The van der Waals surface area contributed by atoms with Gasteiger partial charge in [0.2, 0.25) is 10.0 Å². The van der Waals surface area contributed by atoms with Gasteiger partial charge in [-0.3, -0.25) is 4.90 Å². The highest BCUT2D eigenvalue weighted by Gasteiger charge is 2.35. The highest BCUT2D eigenvalue weighted by Crippen LogP contribution is 2.29. The van der Waals surface area contributed by atoms with E-state index in [1.165, 1.54) is 4.31 Å². The van der Waals surface area contributed by atoms with Crippen molar-refractivity contribution in [3.63, 3.8) is 0 Å². The number of sulfonamides is 1. The Morgan fingerprint density at radius 2 is 1.73 bits per heavy atom. The zero-order chi connectivity index (χ0) is 16.4. The SMILES string of the molecule is CS(=O)(=O)N1CCCN(CC(F)(F)c2ccc(F)cc2)CC1. The molecule has 1 aromatic carbocycles. The van der Waals surface area contributed by atoms with Crippen molar-refractivity contribution >= 4 is 10.0 Å². The molecule has 0 atom stereocenters. The Hall–Kier alpha value is -1.12. The van der Waals surface area contributed by atoms with E-state index in [9.17, 15) is 21.6 Å². The summed E-state index contributed by atoms with van der Waals surface area (Å²) in [5, 5.41) is 0. The predicted molar refractivity (Wildman–Crippen MR) is 77.8 cm³/mol. The molecule has 0 aliphatic carbocycles. The van der Waals surface area contributed by atoms with Crippen LogP contribution in [0.15, 0.2) is 24.3 Å². The normalized spacial score (nSPS) is 19.1. The van der Waals surface area contributed by atoms with Crippen molar-refractivity contribution in [2.75, 3.05) is 39.0 Å². The molecule has 0 spiro atoms. The van der Waals surface area contributed by atoms with E-state index in [0.717, 1.165) is 30.5 Å². The Bertz CT molecular complexity index is 605. The van der Waals surface area contributed by atoms with Crippen molar-refractivity contribution in [2.24, 2.45) is 0 Å². The smallest absolute Gasteiger partial charge is 0.285 e. The average Bonchev–Trinajstić information content (AvgIpc) is 2.64. The van der Waals surface area contributed by atoms with E-state index < -0.39 is 28.3 Å². The van der Waals surface area contributed by atoms with Gasteiger partial charge in [-0.2, -0.15) is 8.78 Å². The number of hydrogen-bond donors (Lipinski definition) is 0. The second kappa shape index (κ2) is 6.55. The zero-order valence-electron chi connectivity index (χ0n) is 12.3. The van der Waals surface area contributed by atoms with E-state index in [1.54, 1.807) is 4.90 Å². The number of hydrogen-bond acceptors (Lipinski definition) is 3. The molecule has 0 N–H and O–H groups in total. The first kappa shape index (κ1) is 17.2. The highest BCUT2D eigenvalue weighted by atomic mass is 32.2. The van der Waals surface area contributed by atoms with Gasteiger partial charge in [-0.15, -0.1) is 0 Å². The molecule has 0 saturated carbocycles. The van der Waals surface area contributed by atoms with Crippen molar-refractivity contribution in [3.05, 3.63) is 35.6 Å². The van der Waals surface area contributed by atoms with Crippen LogP contribution < -0.4 is 0 Å². The van der Waals surface area contributed by atoms with Crippen LogP contribution in [0.1, 0.15) is 12.0 Å². The Kier molecular flexibility index (Phi) is 5.14. The minimum Gasteiger partial charge on any atom is -0.296 e. The first-order valence-corrected chi connectivity index (χ1v) is 8.85. The van der Waals surface area contributed by atoms with Crippen molar-refractivity contribution in [1.29, 1.82) is 0 Å². The summed E-state index contributed by atoms with van der Waals surface area (Å²) in [4.78, 5) is 1.55. The van der Waals surface area contributed by atoms with Gasteiger partial charge in [0.1, 0.15) is 5.82 Å². The quantitative estimate of drug-likeness (QED) is 0.843. The van der Waals surface area contributed by atoms with Crippen LogP contribution in [0.5, 0.6) is 0 Å². The lowest BCUT2D eigenvalue weighted by Gasteiger charge is -2.26. The van der Waals surface area contributed by atoms with Crippen LogP contribution in [-0.2, 0) is 15.9 Å². The molecule has 1 aliphatic rings. The van der Waals surface area contributed by atoms with Crippen molar-refractivity contribution < 1.29 is 21.6 Å². The van der Waals surface area contributed by atoms with Gasteiger partial charge in [-0.1, -0.05) is 12.1 Å². The number of alkyl halides is 2. The predicted octanol–water partition coefficient (Wildman–Crippen LogP) is 1.88. The Morgan fingerprint density at radius 1 is 1.09 bits per heavy atom. The second-order valence-electron chi connectivity index (χ2n) is 5.50. The monoisotopic (exact) mass is 336 g/mol. The average molecular weight is 336 g/mol. The maximum Gasteiger partial charge on any atom is 0.285 e. The molecular weight excluding hydrogens is 317 g/mol. The van der Waals surface area contributed by atoms with E-state index in [-0.39, 0.29) is 18.7 Å². The molecule has 1 heterocycles. The third kappa shape index (κ3) is 4.44. The van der Waals surface area contributed by atoms with Crippen LogP contribution >= 0.6 is 0 Å². The number of rotatable bonds is 4. The lowest BCUT2D eigenvalue weighted by molar-refractivity contribution is -0.0367. The summed E-state index contributed by atoms with van der Waals surface area (Å²) in [6.45, 7) is 0.707. The summed E-state index contributed by atoms with van der Waals surface area (Å²) in [6, 6.07) is 4.18. The number of nitrogens with zero attached hydrogens (tertiary/aromatic N) is 2. The van der Waals surface area contributed by atoms with Gasteiger partial charge in [0.15, 0.2) is 0 Å². The molecule has 4 nitrogen and oxygen atoms in total. The molecule has 1 saturated heterocycles. The van der Waals surface area contributed by atoms with Gasteiger partial charge in [-0.25, -0.2) is 17.1 Å². The first-order chi connectivity index (χ1) is 10.2. The Morgan fingerprint density at radius 3 is 2.32 bits per heavy atom. The summed E-state index contributed by atoms with van der Waals surface area (Å²) in [5.41, 5.74) is -0.238. The zero-order valence-corrected chi connectivity index (χ0v) is 13.1. The molecule has 124 valence electrons. The third-order valence-corrected chi connectivity index (χ3v) is 5.01. The molecule has 1 fully saturated rings. The Balaban J connectivity index is 2.02. The lowest BCUT2D eigenvalue weighted by Crippen LogP contribution is -2.39. The van der Waals surface area contributed by atoms with Crippen LogP contribution in [0, 0.1) is 5.82 Å². The molecule has 22 heavy (non-hydrogen) atoms. The lowest BCUT2D eigenvalue weighted by atomic mass is 10.1. The van der Waals surface area contributed by atoms with Crippen LogP contribution in [0.25, 0.3) is 0 Å². The first-order valence-electron chi connectivity index (χ1n) is 7.00. The van der Waals surface area contributed by atoms with Gasteiger partial charge in [-0.05, 0) is 25.1 Å². The van der Waals surface area contributed by atoms with Crippen molar-refractivity contribution in [2.45, 2.75) is 12.3 Å². The fourth-order valence-corrected chi connectivity index (χ4v) is 3.38. The Labute approximate surface area is 128 Å². The molecule has 1 aliphatic heterocycles. The minimum absolute atomic E-state index is 0.207. The molecule has 0 bridgehead atoms. The van der Waals surface area contributed by atoms with E-state index in [4.69, 9.17) is 0 Å². The van der Waals surface area contributed by atoms with Crippen LogP contribution in [-0.4, -0.2) is 56.6 Å². The molecule has 2 rings (SSSR count). The molecule has 0 unspecified atom stereocenters. The standard InChI is InChI=1S/C14H19F3N2O2S/c1-22(20,21)19-8-2-7-18(9-10-19)11-14(16,17)12-3-5-13(15)6-4-12/h3-6H,2,7-11H2,1H3. The van der Waals surface area contributed by atoms with Gasteiger partial charge in [0.05, 0.1) is 12.8 Å². The van der Waals surface area contributed by atoms with Crippen molar-refractivity contribution in [1.82, 2.24) is 9.21 Å². The fraction of sp³-hybridized carbons (Fsp3) is 0.571. The van der Waals surface area contributed by atoms with Gasteiger partial charge in [0.25, 0.3) is 5.92 Å². The summed E-state index contributed by atoms with van der Waals surface area (Å²) < 4.78 is 65.6. The minimum atomic E-state index is -3.30. The van der Waals surface area contributed by atoms with Gasteiger partial charge in [0, 0.05) is 25.2 Å². The third-order valence-electron chi connectivity index (χ3n) is 3.71. The van der Waals surface area contributed by atoms with E-state index in [2.05, 4.69) is 0 Å². The number of halogens is 3. The summed E-state index contributed by atoms with van der Waals surface area (Å²) >= 11 is 0. The molecule has 1 aromatic rings. The summed E-state index contributed by atoms with van der Waals surface area (Å²) in [6.07, 6.45) is 1.63. The number of benzene rings is 1. The second-order valence-corrected chi connectivity index (χ2v) is 7.49. The maximum atomic E-state index is 14.2. The molecule has 0 aromatic heterocycles. The van der Waals surface area contributed by atoms with E-state index in [0.29, 0.717) is 19.5 Å². The van der Waals surface area contributed by atoms with Crippen LogP contribution in [0.4, 0.5) is 13.2 Å². The highest BCUT2D eigenvalue weighted by molar-refractivity contribution is 7.88. The largest absolute Gasteiger partial charge is 0.296 e. The van der Waals surface area contributed by atoms with E-state index >= 15 is 0 Å². The fourth-order valence-electron chi connectivity index (χ4n) is 2.50. The topological polar surface area (TPSA) is 40.6 Å². The summed E-state index contributed by atoms with van der Waals surface area (Å²) in [7, 11) is -3.30.